The number of hydrogen-bond donors (Lipinski definition) is 1. The Labute approximate surface area is 67.4 Å². The topological polar surface area (TPSA) is 37.3 Å². The largest absolute Gasteiger partial charge is 0.478 e. The third-order valence-electron chi connectivity index (χ3n) is 1.37. The first-order chi connectivity index (χ1) is 4.70. The van der Waals surface area contributed by atoms with Crippen molar-refractivity contribution in [2.75, 3.05) is 0 Å². The minimum Gasteiger partial charge on any atom is -0.478 e. The quantitative estimate of drug-likeness (QED) is 0.708. The number of carbonyl (C=O) groups is 1. The molecule has 1 aliphatic carbocycles. The van der Waals surface area contributed by atoms with Gasteiger partial charge in [0.2, 0.25) is 0 Å². The lowest BCUT2D eigenvalue weighted by molar-refractivity contribution is -0.132. The van der Waals surface area contributed by atoms with E-state index >= 15 is 0 Å². The Morgan fingerprint density at radius 2 is 2.20 bits per heavy atom. The van der Waals surface area contributed by atoms with Crippen LogP contribution in [0.15, 0.2) is 22.2 Å². The maximum atomic E-state index is 10.3. The first-order valence-electron chi connectivity index (χ1n) is 2.98. The van der Waals surface area contributed by atoms with Crippen LogP contribution in [0, 0.1) is 0 Å². The van der Waals surface area contributed by atoms with Crippen LogP contribution in [0.3, 0.4) is 0 Å². The highest BCUT2D eigenvalue weighted by Crippen LogP contribution is 2.22. The lowest BCUT2D eigenvalue weighted by Gasteiger charge is -2.05. The molecule has 0 saturated heterocycles. The summed E-state index contributed by atoms with van der Waals surface area (Å²) in [6, 6.07) is 0. The maximum absolute atomic E-state index is 10.3. The SMILES string of the molecule is O=C(O)C1=CC=C(Br)CC1. The highest BCUT2D eigenvalue weighted by atomic mass is 79.9. The summed E-state index contributed by atoms with van der Waals surface area (Å²) >= 11 is 3.29. The van der Waals surface area contributed by atoms with E-state index in [0.29, 0.717) is 12.0 Å². The lowest BCUT2D eigenvalue weighted by Crippen LogP contribution is -2.02. The molecule has 1 aliphatic rings. The van der Waals surface area contributed by atoms with Crippen molar-refractivity contribution in [3.63, 3.8) is 0 Å². The van der Waals surface area contributed by atoms with E-state index in [1.807, 2.05) is 0 Å². The zero-order chi connectivity index (χ0) is 7.56. The lowest BCUT2D eigenvalue weighted by atomic mass is 10.1. The molecule has 0 aromatic carbocycles. The molecule has 0 aromatic heterocycles. The fraction of sp³-hybridized carbons (Fsp3) is 0.286. The van der Waals surface area contributed by atoms with Gasteiger partial charge in [0, 0.05) is 5.57 Å². The van der Waals surface area contributed by atoms with Gasteiger partial charge in [-0.2, -0.15) is 0 Å². The van der Waals surface area contributed by atoms with Crippen LogP contribution in [0.1, 0.15) is 12.8 Å². The van der Waals surface area contributed by atoms with Crippen LogP contribution in [0.2, 0.25) is 0 Å². The molecule has 0 fully saturated rings. The zero-order valence-corrected chi connectivity index (χ0v) is 6.89. The van der Waals surface area contributed by atoms with Gasteiger partial charge in [0.15, 0.2) is 0 Å². The van der Waals surface area contributed by atoms with E-state index in [1.54, 1.807) is 12.2 Å². The van der Waals surface area contributed by atoms with E-state index in [4.69, 9.17) is 5.11 Å². The van der Waals surface area contributed by atoms with Gasteiger partial charge in [0.25, 0.3) is 0 Å². The minimum absolute atomic E-state index is 0.489. The molecule has 1 N–H and O–H groups in total. The Morgan fingerprint density at radius 3 is 2.60 bits per heavy atom. The van der Waals surface area contributed by atoms with Gasteiger partial charge in [-0.1, -0.05) is 28.1 Å². The van der Waals surface area contributed by atoms with Gasteiger partial charge in [-0.15, -0.1) is 0 Å². The Balaban J connectivity index is 2.74. The summed E-state index contributed by atoms with van der Waals surface area (Å²) in [7, 11) is 0. The smallest absolute Gasteiger partial charge is 0.331 e. The molecule has 0 aromatic rings. The van der Waals surface area contributed by atoms with Crippen LogP contribution in [0.4, 0.5) is 0 Å². The molecule has 0 unspecified atom stereocenters. The first kappa shape index (κ1) is 7.54. The molecule has 0 heterocycles. The molecule has 0 spiro atoms. The summed E-state index contributed by atoms with van der Waals surface area (Å²) < 4.78 is 1.07. The highest BCUT2D eigenvalue weighted by Gasteiger charge is 2.09. The molecule has 2 nitrogen and oxygen atoms in total. The molecule has 0 radical (unpaired) electrons. The first-order valence-corrected chi connectivity index (χ1v) is 3.78. The van der Waals surface area contributed by atoms with Crippen LogP contribution < -0.4 is 0 Å². The van der Waals surface area contributed by atoms with Crippen LogP contribution >= 0.6 is 15.9 Å². The fourth-order valence-electron chi connectivity index (χ4n) is 0.790. The van der Waals surface area contributed by atoms with Crippen molar-refractivity contribution in [2.45, 2.75) is 12.8 Å². The Kier molecular flexibility index (Phi) is 2.27. The van der Waals surface area contributed by atoms with Crippen molar-refractivity contribution in [1.82, 2.24) is 0 Å². The average molecular weight is 203 g/mol. The number of carboxylic acids is 1. The van der Waals surface area contributed by atoms with Gasteiger partial charge in [0.1, 0.15) is 0 Å². The van der Waals surface area contributed by atoms with Crippen LogP contribution in [0.5, 0.6) is 0 Å². The van der Waals surface area contributed by atoms with Gasteiger partial charge in [-0.3, -0.25) is 0 Å². The van der Waals surface area contributed by atoms with E-state index < -0.39 is 5.97 Å². The second-order valence-electron chi connectivity index (χ2n) is 2.11. The summed E-state index contributed by atoms with van der Waals surface area (Å²) in [4.78, 5) is 10.3. The summed E-state index contributed by atoms with van der Waals surface area (Å²) in [6.45, 7) is 0. The van der Waals surface area contributed by atoms with E-state index in [9.17, 15) is 4.79 Å². The van der Waals surface area contributed by atoms with E-state index in [2.05, 4.69) is 15.9 Å². The Hall–Kier alpha value is -0.570. The molecule has 0 bridgehead atoms. The van der Waals surface area contributed by atoms with E-state index in [1.165, 1.54) is 0 Å². The van der Waals surface area contributed by atoms with Crippen molar-refractivity contribution in [3.05, 3.63) is 22.2 Å². The standard InChI is InChI=1S/C7H7BrO2/c8-6-3-1-5(2-4-6)7(9)10/h1,3H,2,4H2,(H,9,10). The normalized spacial score (nSPS) is 17.7. The predicted octanol–water partition coefficient (Wildman–Crippen LogP) is 2.07. The highest BCUT2D eigenvalue weighted by molar-refractivity contribution is 9.11. The summed E-state index contributed by atoms with van der Waals surface area (Å²) in [6.07, 6.45) is 4.85. The second-order valence-corrected chi connectivity index (χ2v) is 3.13. The third kappa shape index (κ3) is 1.70. The number of aliphatic carboxylic acids is 1. The number of carboxylic acid groups (broad SMARTS) is 1. The molecule has 0 amide bonds. The average Bonchev–Trinajstić information content (AvgIpc) is 1.88. The number of hydrogen-bond acceptors (Lipinski definition) is 1. The monoisotopic (exact) mass is 202 g/mol. The Morgan fingerprint density at radius 1 is 1.50 bits per heavy atom. The molecule has 0 aliphatic heterocycles. The van der Waals surface area contributed by atoms with Crippen LogP contribution in [-0.2, 0) is 4.79 Å². The Bertz CT molecular complexity index is 216. The van der Waals surface area contributed by atoms with E-state index in [-0.39, 0.29) is 0 Å². The van der Waals surface area contributed by atoms with Gasteiger partial charge in [-0.05, 0) is 17.3 Å². The molecular formula is C7H7BrO2. The van der Waals surface area contributed by atoms with Crippen molar-refractivity contribution in [3.8, 4) is 0 Å². The number of rotatable bonds is 1. The third-order valence-corrected chi connectivity index (χ3v) is 2.03. The number of allylic oxidation sites excluding steroid dienone is 3. The van der Waals surface area contributed by atoms with Gasteiger partial charge in [-0.25, -0.2) is 4.79 Å². The van der Waals surface area contributed by atoms with Crippen molar-refractivity contribution < 1.29 is 9.90 Å². The van der Waals surface area contributed by atoms with E-state index in [0.717, 1.165) is 10.9 Å². The molecule has 10 heavy (non-hydrogen) atoms. The molecule has 1 rings (SSSR count). The molecule has 0 saturated carbocycles. The summed E-state index contributed by atoms with van der Waals surface area (Å²) in [5.41, 5.74) is 0.489. The van der Waals surface area contributed by atoms with Crippen molar-refractivity contribution in [2.24, 2.45) is 0 Å². The summed E-state index contributed by atoms with van der Waals surface area (Å²) in [5, 5.41) is 8.51. The van der Waals surface area contributed by atoms with Crippen LogP contribution in [0.25, 0.3) is 0 Å². The second kappa shape index (κ2) is 3.01. The summed E-state index contributed by atoms with van der Waals surface area (Å²) in [5.74, 6) is -0.809. The molecular weight excluding hydrogens is 196 g/mol. The van der Waals surface area contributed by atoms with Crippen molar-refractivity contribution in [1.29, 1.82) is 0 Å². The maximum Gasteiger partial charge on any atom is 0.331 e. The van der Waals surface area contributed by atoms with Crippen molar-refractivity contribution >= 4 is 21.9 Å². The van der Waals surface area contributed by atoms with Gasteiger partial charge >= 0.3 is 5.97 Å². The predicted molar refractivity (Wildman–Crippen MR) is 42.0 cm³/mol. The fourth-order valence-corrected chi connectivity index (χ4v) is 1.12. The molecule has 3 heteroatoms. The number of halogens is 1. The zero-order valence-electron chi connectivity index (χ0n) is 5.30. The van der Waals surface area contributed by atoms with Gasteiger partial charge < -0.3 is 5.11 Å². The molecule has 54 valence electrons. The van der Waals surface area contributed by atoms with Crippen LogP contribution in [-0.4, -0.2) is 11.1 Å². The molecule has 0 atom stereocenters. The minimum atomic E-state index is -0.809. The van der Waals surface area contributed by atoms with Gasteiger partial charge in [0.05, 0.1) is 0 Å².